The van der Waals surface area contributed by atoms with Crippen LogP contribution in [0.3, 0.4) is 0 Å². The van der Waals surface area contributed by atoms with Crippen molar-refractivity contribution in [2.45, 2.75) is 31.5 Å². The van der Waals surface area contributed by atoms with Crippen LogP contribution in [0.25, 0.3) is 0 Å². The fraction of sp³-hybridized carbons (Fsp3) is 0.462. The molecule has 0 amide bonds. The summed E-state index contributed by atoms with van der Waals surface area (Å²) in [7, 11) is 1.42. The van der Waals surface area contributed by atoms with E-state index >= 15 is 0 Å². The van der Waals surface area contributed by atoms with Crippen molar-refractivity contribution in [1.82, 2.24) is 0 Å². The largest absolute Gasteiger partial charge is 0.493 e. The van der Waals surface area contributed by atoms with Crippen LogP contribution in [-0.2, 0) is 0 Å². The molecule has 0 saturated heterocycles. The van der Waals surface area contributed by atoms with Gasteiger partial charge in [0.25, 0.3) is 0 Å². The van der Waals surface area contributed by atoms with Gasteiger partial charge < -0.3 is 19.7 Å². The minimum Gasteiger partial charge on any atom is -0.493 e. The van der Waals surface area contributed by atoms with Crippen LogP contribution in [0.5, 0.6) is 11.5 Å². The van der Waals surface area contributed by atoms with Gasteiger partial charge in [-0.15, -0.1) is 0 Å². The van der Waals surface area contributed by atoms with E-state index in [0.717, 1.165) is 6.42 Å². The maximum absolute atomic E-state index is 10.9. The topological polar surface area (TPSA) is 76.0 Å². The number of carboxylic acid groups (broad SMARTS) is 1. The molecule has 0 heterocycles. The number of aliphatic hydroxyl groups excluding tert-OH is 1. The third kappa shape index (κ3) is 3.11. The molecule has 1 fully saturated rings. The average molecular weight is 287 g/mol. The molecule has 1 aromatic rings. The second-order valence-electron chi connectivity index (χ2n) is 4.50. The Bertz CT molecular complexity index is 488. The summed E-state index contributed by atoms with van der Waals surface area (Å²) < 4.78 is 10.8. The number of aliphatic hydroxyl groups is 1. The molecular formula is C13H15ClO5. The fourth-order valence-electron chi connectivity index (χ4n) is 2.15. The van der Waals surface area contributed by atoms with Gasteiger partial charge in [-0.25, -0.2) is 4.79 Å². The van der Waals surface area contributed by atoms with Crippen molar-refractivity contribution in [3.8, 4) is 11.5 Å². The number of hydrogen-bond donors (Lipinski definition) is 2. The number of methoxy groups -OCH3 is 1. The first kappa shape index (κ1) is 14.0. The van der Waals surface area contributed by atoms with E-state index in [-0.39, 0.29) is 28.5 Å². The molecule has 2 atom stereocenters. The summed E-state index contributed by atoms with van der Waals surface area (Å²) in [4.78, 5) is 10.9. The molecule has 6 heteroatoms. The number of hydrogen-bond acceptors (Lipinski definition) is 4. The van der Waals surface area contributed by atoms with E-state index in [2.05, 4.69) is 0 Å². The van der Waals surface area contributed by atoms with E-state index in [9.17, 15) is 9.90 Å². The van der Waals surface area contributed by atoms with Gasteiger partial charge in [-0.2, -0.15) is 0 Å². The lowest BCUT2D eigenvalue weighted by Crippen LogP contribution is -2.14. The van der Waals surface area contributed by atoms with Crippen molar-refractivity contribution in [3.63, 3.8) is 0 Å². The van der Waals surface area contributed by atoms with Gasteiger partial charge in [0.1, 0.15) is 6.10 Å². The molecule has 0 bridgehead atoms. The number of carbonyl (C=O) groups is 1. The van der Waals surface area contributed by atoms with Crippen molar-refractivity contribution in [2.75, 3.05) is 7.11 Å². The van der Waals surface area contributed by atoms with Gasteiger partial charge in [0.15, 0.2) is 11.5 Å². The van der Waals surface area contributed by atoms with E-state index in [1.165, 1.54) is 19.2 Å². The zero-order chi connectivity index (χ0) is 14.0. The second-order valence-corrected chi connectivity index (χ2v) is 4.91. The first-order valence-electron chi connectivity index (χ1n) is 5.96. The third-order valence-electron chi connectivity index (χ3n) is 3.12. The highest BCUT2D eigenvalue weighted by atomic mass is 35.5. The molecule has 5 nitrogen and oxygen atoms in total. The lowest BCUT2D eigenvalue weighted by Gasteiger charge is -2.17. The first-order chi connectivity index (χ1) is 9.01. The zero-order valence-corrected chi connectivity index (χ0v) is 11.2. The first-order valence-corrected chi connectivity index (χ1v) is 6.34. The molecule has 0 aliphatic heterocycles. The SMILES string of the molecule is COc1cc(C(=O)O)cc(Cl)c1OC1CCC(O)C1. The maximum atomic E-state index is 10.9. The van der Waals surface area contributed by atoms with E-state index in [1.54, 1.807) is 0 Å². The van der Waals surface area contributed by atoms with Crippen LogP contribution in [0.15, 0.2) is 12.1 Å². The number of rotatable bonds is 4. The highest BCUT2D eigenvalue weighted by Gasteiger charge is 2.26. The van der Waals surface area contributed by atoms with Crippen molar-refractivity contribution in [1.29, 1.82) is 0 Å². The molecule has 2 rings (SSSR count). The van der Waals surface area contributed by atoms with Crippen LogP contribution < -0.4 is 9.47 Å². The van der Waals surface area contributed by atoms with Crippen LogP contribution in [-0.4, -0.2) is 35.5 Å². The minimum atomic E-state index is -1.08. The lowest BCUT2D eigenvalue weighted by molar-refractivity contribution is 0.0696. The molecule has 1 saturated carbocycles. The molecule has 2 N–H and O–H groups in total. The Morgan fingerprint density at radius 1 is 1.42 bits per heavy atom. The van der Waals surface area contributed by atoms with Crippen LogP contribution in [0, 0.1) is 0 Å². The van der Waals surface area contributed by atoms with E-state index in [1.807, 2.05) is 0 Å². The molecular weight excluding hydrogens is 272 g/mol. The highest BCUT2D eigenvalue weighted by Crippen LogP contribution is 2.39. The zero-order valence-electron chi connectivity index (χ0n) is 10.4. The summed E-state index contributed by atoms with van der Waals surface area (Å²) in [6.45, 7) is 0. The summed E-state index contributed by atoms with van der Waals surface area (Å²) in [5.41, 5.74) is 0.0423. The quantitative estimate of drug-likeness (QED) is 0.888. The maximum Gasteiger partial charge on any atom is 0.335 e. The predicted octanol–water partition coefficient (Wildman–Crippen LogP) is 2.34. The summed E-state index contributed by atoms with van der Waals surface area (Å²) >= 11 is 6.04. The van der Waals surface area contributed by atoms with Gasteiger partial charge in [-0.05, 0) is 25.0 Å². The molecule has 1 aliphatic carbocycles. The normalized spacial score (nSPS) is 22.3. The summed E-state index contributed by atoms with van der Waals surface area (Å²) in [6.07, 6.45) is 1.49. The van der Waals surface area contributed by atoms with Crippen LogP contribution in [0.2, 0.25) is 5.02 Å². The fourth-order valence-corrected chi connectivity index (χ4v) is 2.40. The van der Waals surface area contributed by atoms with Crippen molar-refractivity contribution < 1.29 is 24.5 Å². The van der Waals surface area contributed by atoms with Gasteiger partial charge in [0, 0.05) is 6.42 Å². The molecule has 104 valence electrons. The predicted molar refractivity (Wildman–Crippen MR) is 69.2 cm³/mol. The van der Waals surface area contributed by atoms with Crippen molar-refractivity contribution in [3.05, 3.63) is 22.7 Å². The number of ether oxygens (including phenoxy) is 2. The minimum absolute atomic E-state index is 0.0423. The highest BCUT2D eigenvalue weighted by molar-refractivity contribution is 6.32. The molecule has 1 aromatic carbocycles. The van der Waals surface area contributed by atoms with Crippen LogP contribution in [0.4, 0.5) is 0 Å². The number of benzene rings is 1. The Labute approximate surface area is 115 Å². The molecule has 0 radical (unpaired) electrons. The molecule has 0 spiro atoms. The van der Waals surface area contributed by atoms with Gasteiger partial charge in [-0.1, -0.05) is 11.6 Å². The molecule has 1 aliphatic rings. The van der Waals surface area contributed by atoms with Gasteiger partial charge in [0.05, 0.1) is 23.8 Å². The molecule has 19 heavy (non-hydrogen) atoms. The average Bonchev–Trinajstić information content (AvgIpc) is 2.77. The number of carboxylic acids is 1. The summed E-state index contributed by atoms with van der Waals surface area (Å²) in [5, 5.41) is 18.6. The smallest absolute Gasteiger partial charge is 0.335 e. The Hall–Kier alpha value is -1.46. The Balaban J connectivity index is 2.26. The number of aromatic carboxylic acids is 1. The number of halogens is 1. The van der Waals surface area contributed by atoms with Crippen LogP contribution >= 0.6 is 11.6 Å². The van der Waals surface area contributed by atoms with E-state index in [4.69, 9.17) is 26.2 Å². The molecule has 2 unspecified atom stereocenters. The van der Waals surface area contributed by atoms with Crippen LogP contribution in [0.1, 0.15) is 29.6 Å². The lowest BCUT2D eigenvalue weighted by atomic mass is 10.2. The van der Waals surface area contributed by atoms with E-state index in [0.29, 0.717) is 18.6 Å². The molecule has 0 aromatic heterocycles. The Morgan fingerprint density at radius 2 is 2.16 bits per heavy atom. The summed E-state index contributed by atoms with van der Waals surface area (Å²) in [6, 6.07) is 2.70. The van der Waals surface area contributed by atoms with Crippen molar-refractivity contribution >= 4 is 17.6 Å². The van der Waals surface area contributed by atoms with Gasteiger partial charge >= 0.3 is 5.97 Å². The monoisotopic (exact) mass is 286 g/mol. The summed E-state index contributed by atoms with van der Waals surface area (Å²) in [5.74, 6) is -0.470. The standard InChI is InChI=1S/C13H15ClO5/c1-18-11-5-7(13(16)17)4-10(14)12(11)19-9-3-2-8(15)6-9/h4-5,8-9,15H,2-3,6H2,1H3,(H,16,17). The third-order valence-corrected chi connectivity index (χ3v) is 3.40. The van der Waals surface area contributed by atoms with E-state index < -0.39 is 5.97 Å². The van der Waals surface area contributed by atoms with Crippen molar-refractivity contribution in [2.24, 2.45) is 0 Å². The van der Waals surface area contributed by atoms with Gasteiger partial charge in [-0.3, -0.25) is 0 Å². The van der Waals surface area contributed by atoms with Gasteiger partial charge in [0.2, 0.25) is 0 Å². The second kappa shape index (κ2) is 5.67. The Morgan fingerprint density at radius 3 is 2.68 bits per heavy atom. The Kier molecular flexibility index (Phi) is 4.17.